The van der Waals surface area contributed by atoms with Crippen LogP contribution in [0.4, 0.5) is 0 Å². The molecule has 0 fully saturated rings. The van der Waals surface area contributed by atoms with E-state index in [1.54, 1.807) is 32.4 Å². The number of aliphatic hydroxyl groups excluding tert-OH is 1. The van der Waals surface area contributed by atoms with E-state index < -0.39 is 6.10 Å². The Kier molecular flexibility index (Phi) is 8.80. The molecule has 2 aromatic rings. The molecule has 0 amide bonds. The number of nitrogens with zero attached hydrogens (tertiary/aromatic N) is 1. The maximum atomic E-state index is 10.7. The van der Waals surface area contributed by atoms with Crippen LogP contribution in [0.3, 0.4) is 0 Å². The molecule has 2 rings (SSSR count). The van der Waals surface area contributed by atoms with E-state index in [4.69, 9.17) is 9.47 Å². The predicted octanol–water partition coefficient (Wildman–Crippen LogP) is 3.40. The van der Waals surface area contributed by atoms with Gasteiger partial charge in [-0.15, -0.1) is 0 Å². The average molecular weight is 400 g/mol. The molecule has 158 valence electrons. The Morgan fingerprint density at radius 2 is 1.90 bits per heavy atom. The number of hydrogen-bond acceptors (Lipinski definition) is 4. The van der Waals surface area contributed by atoms with E-state index in [2.05, 4.69) is 53.7 Å². The summed E-state index contributed by atoms with van der Waals surface area (Å²) in [6.07, 6.45) is -0.766. The first-order valence-electron chi connectivity index (χ1n) is 9.97. The molecule has 0 saturated heterocycles. The SMILES string of the molecule is CCNC(=NCC(C)c1cccc(C)c1)NCC(O)c1cc(OC)ccc1OC. The molecule has 0 aliphatic carbocycles. The number of methoxy groups -OCH3 is 2. The normalized spacial score (nSPS) is 13.5. The maximum Gasteiger partial charge on any atom is 0.191 e. The van der Waals surface area contributed by atoms with E-state index in [-0.39, 0.29) is 0 Å². The molecule has 0 bridgehead atoms. The molecule has 0 aromatic heterocycles. The van der Waals surface area contributed by atoms with Gasteiger partial charge in [0.15, 0.2) is 5.96 Å². The standard InChI is InChI=1S/C23H33N3O3/c1-6-24-23(25-14-17(3)18-9-7-8-16(2)12-18)26-15-21(27)20-13-19(28-4)10-11-22(20)29-5/h7-13,17,21,27H,6,14-15H2,1-5H3,(H2,24,25,26). The van der Waals surface area contributed by atoms with Gasteiger partial charge in [-0.3, -0.25) is 4.99 Å². The van der Waals surface area contributed by atoms with Crippen molar-refractivity contribution in [3.05, 3.63) is 59.2 Å². The summed E-state index contributed by atoms with van der Waals surface area (Å²) < 4.78 is 10.6. The topological polar surface area (TPSA) is 75.1 Å². The van der Waals surface area contributed by atoms with Crippen molar-refractivity contribution >= 4 is 5.96 Å². The summed E-state index contributed by atoms with van der Waals surface area (Å²) in [6, 6.07) is 13.9. The highest BCUT2D eigenvalue weighted by molar-refractivity contribution is 5.79. The van der Waals surface area contributed by atoms with Crippen LogP contribution in [0, 0.1) is 6.92 Å². The first-order valence-corrected chi connectivity index (χ1v) is 9.97. The highest BCUT2D eigenvalue weighted by Crippen LogP contribution is 2.29. The molecule has 6 heteroatoms. The molecule has 0 heterocycles. The van der Waals surface area contributed by atoms with Crippen LogP contribution in [0.25, 0.3) is 0 Å². The van der Waals surface area contributed by atoms with Gasteiger partial charge in [-0.25, -0.2) is 0 Å². The highest BCUT2D eigenvalue weighted by Gasteiger charge is 2.15. The second kappa shape index (κ2) is 11.3. The van der Waals surface area contributed by atoms with E-state index in [1.165, 1.54) is 11.1 Å². The molecule has 0 saturated carbocycles. The minimum atomic E-state index is -0.766. The fourth-order valence-corrected chi connectivity index (χ4v) is 3.06. The van der Waals surface area contributed by atoms with E-state index in [9.17, 15) is 5.11 Å². The molecule has 0 aliphatic rings. The van der Waals surface area contributed by atoms with Crippen molar-refractivity contribution in [3.63, 3.8) is 0 Å². The van der Waals surface area contributed by atoms with Crippen LogP contribution < -0.4 is 20.1 Å². The summed E-state index contributed by atoms with van der Waals surface area (Å²) in [4.78, 5) is 4.69. The molecule has 0 spiro atoms. The Morgan fingerprint density at radius 3 is 2.55 bits per heavy atom. The molecule has 2 unspecified atom stereocenters. The largest absolute Gasteiger partial charge is 0.497 e. The van der Waals surface area contributed by atoms with E-state index in [1.807, 2.05) is 6.92 Å². The van der Waals surface area contributed by atoms with Gasteiger partial charge in [0, 0.05) is 31.1 Å². The van der Waals surface area contributed by atoms with Gasteiger partial charge >= 0.3 is 0 Å². The van der Waals surface area contributed by atoms with Crippen LogP contribution in [0.5, 0.6) is 11.5 Å². The summed E-state index contributed by atoms with van der Waals surface area (Å²) >= 11 is 0. The summed E-state index contributed by atoms with van der Waals surface area (Å²) in [5.74, 6) is 2.27. The Hall–Kier alpha value is -2.73. The van der Waals surface area contributed by atoms with Crippen molar-refractivity contribution in [2.75, 3.05) is 33.9 Å². The third kappa shape index (κ3) is 6.68. The van der Waals surface area contributed by atoms with E-state index >= 15 is 0 Å². The summed E-state index contributed by atoms with van der Waals surface area (Å²) in [5, 5.41) is 17.1. The van der Waals surface area contributed by atoms with Crippen LogP contribution in [-0.2, 0) is 0 Å². The van der Waals surface area contributed by atoms with Crippen LogP contribution >= 0.6 is 0 Å². The van der Waals surface area contributed by atoms with E-state index in [0.717, 1.165) is 6.54 Å². The second-order valence-corrected chi connectivity index (χ2v) is 7.04. The van der Waals surface area contributed by atoms with Gasteiger partial charge in [0.25, 0.3) is 0 Å². The summed E-state index contributed by atoms with van der Waals surface area (Å²) in [7, 11) is 3.19. The van der Waals surface area contributed by atoms with Gasteiger partial charge in [0.05, 0.1) is 20.3 Å². The van der Waals surface area contributed by atoms with Crippen molar-refractivity contribution < 1.29 is 14.6 Å². The maximum absolute atomic E-state index is 10.7. The van der Waals surface area contributed by atoms with Crippen molar-refractivity contribution in [2.45, 2.75) is 32.8 Å². The summed E-state index contributed by atoms with van der Waals surface area (Å²) in [6.45, 7) is 7.97. The van der Waals surface area contributed by atoms with Crippen molar-refractivity contribution in [1.82, 2.24) is 10.6 Å². The average Bonchev–Trinajstić information content (AvgIpc) is 2.74. The number of hydrogen-bond donors (Lipinski definition) is 3. The minimum absolute atomic E-state index is 0.300. The Morgan fingerprint density at radius 1 is 1.10 bits per heavy atom. The molecular formula is C23H33N3O3. The highest BCUT2D eigenvalue weighted by atomic mass is 16.5. The zero-order valence-corrected chi connectivity index (χ0v) is 18.0. The Balaban J connectivity index is 2.04. The van der Waals surface area contributed by atoms with Crippen LogP contribution in [-0.4, -0.2) is 44.9 Å². The molecule has 0 aliphatic heterocycles. The first kappa shape index (κ1) is 22.6. The van der Waals surface area contributed by atoms with Gasteiger partial charge in [0.2, 0.25) is 0 Å². The minimum Gasteiger partial charge on any atom is -0.497 e. The van der Waals surface area contributed by atoms with Crippen molar-refractivity contribution in [1.29, 1.82) is 0 Å². The molecule has 3 N–H and O–H groups in total. The number of ether oxygens (including phenoxy) is 2. The Labute approximate surface area is 174 Å². The lowest BCUT2D eigenvalue weighted by molar-refractivity contribution is 0.176. The predicted molar refractivity (Wildman–Crippen MR) is 118 cm³/mol. The fraction of sp³-hybridized carbons (Fsp3) is 0.435. The smallest absolute Gasteiger partial charge is 0.191 e. The lowest BCUT2D eigenvalue weighted by Crippen LogP contribution is -2.39. The van der Waals surface area contributed by atoms with Gasteiger partial charge < -0.3 is 25.2 Å². The third-order valence-corrected chi connectivity index (χ3v) is 4.74. The number of rotatable bonds is 9. The number of nitrogens with one attached hydrogen (secondary N) is 2. The van der Waals surface area contributed by atoms with E-state index in [0.29, 0.717) is 42.0 Å². The van der Waals surface area contributed by atoms with Crippen molar-refractivity contribution in [2.24, 2.45) is 4.99 Å². The van der Waals surface area contributed by atoms with Gasteiger partial charge in [0.1, 0.15) is 11.5 Å². The molecule has 2 atom stereocenters. The first-order chi connectivity index (χ1) is 14.0. The van der Waals surface area contributed by atoms with Crippen molar-refractivity contribution in [3.8, 4) is 11.5 Å². The van der Waals surface area contributed by atoms with Crippen LogP contribution in [0.1, 0.15) is 42.6 Å². The second-order valence-electron chi connectivity index (χ2n) is 7.04. The molecule has 29 heavy (non-hydrogen) atoms. The fourth-order valence-electron chi connectivity index (χ4n) is 3.06. The van der Waals surface area contributed by atoms with Crippen LogP contribution in [0.2, 0.25) is 0 Å². The molecule has 6 nitrogen and oxygen atoms in total. The number of aliphatic imine (C=N–C) groups is 1. The monoisotopic (exact) mass is 399 g/mol. The quantitative estimate of drug-likeness (QED) is 0.445. The third-order valence-electron chi connectivity index (χ3n) is 4.74. The number of guanidine groups is 1. The lowest BCUT2D eigenvalue weighted by Gasteiger charge is -2.19. The van der Waals surface area contributed by atoms with Crippen LogP contribution in [0.15, 0.2) is 47.5 Å². The van der Waals surface area contributed by atoms with Gasteiger partial charge in [-0.2, -0.15) is 0 Å². The molecule has 2 aromatic carbocycles. The lowest BCUT2D eigenvalue weighted by atomic mass is 10.00. The zero-order valence-electron chi connectivity index (χ0n) is 18.0. The number of benzene rings is 2. The number of aryl methyl sites for hydroxylation is 1. The molecular weight excluding hydrogens is 366 g/mol. The summed E-state index contributed by atoms with van der Waals surface area (Å²) in [5.41, 5.74) is 3.19. The van der Waals surface area contributed by atoms with Gasteiger partial charge in [-0.05, 0) is 37.6 Å². The number of aliphatic hydroxyl groups is 1. The molecule has 0 radical (unpaired) electrons. The Bertz CT molecular complexity index is 808. The van der Waals surface area contributed by atoms with Gasteiger partial charge in [-0.1, -0.05) is 36.8 Å². The zero-order chi connectivity index (χ0) is 21.2.